The van der Waals surface area contributed by atoms with Crippen molar-refractivity contribution in [1.29, 1.82) is 0 Å². The van der Waals surface area contributed by atoms with Crippen molar-refractivity contribution in [3.8, 4) is 0 Å². The number of pyridine rings is 1. The normalized spacial score (nSPS) is 18.3. The molecule has 2 aromatic rings. The molecule has 0 amide bonds. The van der Waals surface area contributed by atoms with E-state index in [0.29, 0.717) is 37.3 Å². The van der Waals surface area contributed by atoms with Crippen molar-refractivity contribution in [2.45, 2.75) is 12.6 Å². The molecule has 22 heavy (non-hydrogen) atoms. The quantitative estimate of drug-likeness (QED) is 0.797. The second kappa shape index (κ2) is 6.29. The van der Waals surface area contributed by atoms with Gasteiger partial charge < -0.3 is 18.8 Å². The Kier molecular flexibility index (Phi) is 4.22. The van der Waals surface area contributed by atoms with Crippen molar-refractivity contribution in [2.24, 2.45) is 0 Å². The fraction of sp³-hybridized carbons (Fsp3) is 0.375. The second-order valence-corrected chi connectivity index (χ2v) is 5.13. The second-order valence-electron chi connectivity index (χ2n) is 5.13. The number of benzene rings is 1. The Hall–Kier alpha value is -2.18. The van der Waals surface area contributed by atoms with Crippen molar-refractivity contribution in [3.05, 3.63) is 46.4 Å². The third-order valence-electron chi connectivity index (χ3n) is 3.68. The van der Waals surface area contributed by atoms with Crippen LogP contribution < -0.4 is 5.56 Å². The van der Waals surface area contributed by atoms with Crippen LogP contribution in [0.1, 0.15) is 10.4 Å². The lowest BCUT2D eigenvalue weighted by molar-refractivity contribution is -0.0938. The summed E-state index contributed by atoms with van der Waals surface area (Å²) in [6.45, 7) is 2.04. The Morgan fingerprint density at radius 3 is 2.95 bits per heavy atom. The van der Waals surface area contributed by atoms with Crippen molar-refractivity contribution >= 4 is 16.7 Å². The molecule has 0 saturated carbocycles. The number of methoxy groups -OCH3 is 1. The van der Waals surface area contributed by atoms with Gasteiger partial charge in [-0.25, -0.2) is 4.79 Å². The topological polar surface area (TPSA) is 66.8 Å². The van der Waals surface area contributed by atoms with Gasteiger partial charge >= 0.3 is 5.97 Å². The Labute approximate surface area is 127 Å². The molecule has 1 aromatic carbocycles. The maximum atomic E-state index is 12.6. The lowest BCUT2D eigenvalue weighted by atomic mass is 10.1. The fourth-order valence-corrected chi connectivity index (χ4v) is 2.53. The Morgan fingerprint density at radius 2 is 2.23 bits per heavy atom. The first-order valence-corrected chi connectivity index (χ1v) is 7.10. The Morgan fingerprint density at radius 1 is 1.36 bits per heavy atom. The molecule has 0 N–H and O–H groups in total. The van der Waals surface area contributed by atoms with E-state index >= 15 is 0 Å². The third-order valence-corrected chi connectivity index (χ3v) is 3.68. The van der Waals surface area contributed by atoms with Crippen molar-refractivity contribution in [2.75, 3.05) is 26.9 Å². The monoisotopic (exact) mass is 303 g/mol. The standard InChI is InChI=1S/C16H17NO5/c1-20-16(19)12-3-2-11-4-5-17(15(18)14(11)8-12)9-13-10-21-6-7-22-13/h2-5,8,13H,6-7,9-10H2,1H3/t13-/m0/s1. The van der Waals surface area contributed by atoms with Gasteiger partial charge in [-0.15, -0.1) is 0 Å². The SMILES string of the molecule is COC(=O)c1ccc2ccn(C[C@H]3COCCO3)c(=O)c2c1. The minimum Gasteiger partial charge on any atom is -0.465 e. The first-order chi connectivity index (χ1) is 10.7. The molecule has 6 heteroatoms. The molecule has 1 atom stereocenters. The molecule has 0 unspecified atom stereocenters. The highest BCUT2D eigenvalue weighted by Gasteiger charge is 2.16. The van der Waals surface area contributed by atoms with Gasteiger partial charge in [0.05, 0.1) is 45.1 Å². The summed E-state index contributed by atoms with van der Waals surface area (Å²) in [6, 6.07) is 6.81. The summed E-state index contributed by atoms with van der Waals surface area (Å²) in [5, 5.41) is 1.27. The number of rotatable bonds is 3. The fourth-order valence-electron chi connectivity index (χ4n) is 2.53. The van der Waals surface area contributed by atoms with Crippen LogP contribution in [0.2, 0.25) is 0 Å². The number of fused-ring (bicyclic) bond motifs is 1. The van der Waals surface area contributed by atoms with Gasteiger partial charge in [0, 0.05) is 11.6 Å². The number of ether oxygens (including phenoxy) is 3. The van der Waals surface area contributed by atoms with Crippen LogP contribution in [0.5, 0.6) is 0 Å². The number of carbonyl (C=O) groups is 1. The van der Waals surface area contributed by atoms with E-state index in [1.165, 1.54) is 7.11 Å². The van der Waals surface area contributed by atoms with Crippen LogP contribution in [0.15, 0.2) is 35.3 Å². The van der Waals surface area contributed by atoms with Gasteiger partial charge in [0.1, 0.15) is 0 Å². The minimum atomic E-state index is -0.458. The number of hydrogen-bond acceptors (Lipinski definition) is 5. The number of carbonyl (C=O) groups excluding carboxylic acids is 1. The zero-order chi connectivity index (χ0) is 15.5. The maximum absolute atomic E-state index is 12.6. The van der Waals surface area contributed by atoms with Gasteiger partial charge in [0.25, 0.3) is 5.56 Å². The van der Waals surface area contributed by atoms with E-state index in [1.54, 1.807) is 29.0 Å². The highest BCUT2D eigenvalue weighted by molar-refractivity contribution is 5.95. The van der Waals surface area contributed by atoms with E-state index in [2.05, 4.69) is 0 Å². The summed E-state index contributed by atoms with van der Waals surface area (Å²) >= 11 is 0. The Balaban J connectivity index is 1.96. The average molecular weight is 303 g/mol. The number of nitrogens with zero attached hydrogens (tertiary/aromatic N) is 1. The van der Waals surface area contributed by atoms with E-state index in [9.17, 15) is 9.59 Å². The van der Waals surface area contributed by atoms with Crippen LogP contribution >= 0.6 is 0 Å². The van der Waals surface area contributed by atoms with Crippen LogP contribution in [0.25, 0.3) is 10.8 Å². The molecule has 3 rings (SSSR count). The van der Waals surface area contributed by atoms with Gasteiger partial charge in [-0.1, -0.05) is 6.07 Å². The summed E-state index contributed by atoms with van der Waals surface area (Å²) in [4.78, 5) is 24.2. The van der Waals surface area contributed by atoms with Crippen molar-refractivity contribution in [3.63, 3.8) is 0 Å². The van der Waals surface area contributed by atoms with Crippen LogP contribution in [-0.4, -0.2) is 43.6 Å². The predicted octanol–water partition coefficient (Wildman–Crippen LogP) is 1.20. The zero-order valence-corrected chi connectivity index (χ0v) is 12.3. The molecule has 0 spiro atoms. The van der Waals surface area contributed by atoms with E-state index in [0.717, 1.165) is 5.39 Å². The smallest absolute Gasteiger partial charge is 0.337 e. The highest BCUT2D eigenvalue weighted by Crippen LogP contribution is 2.14. The van der Waals surface area contributed by atoms with Crippen LogP contribution in [0.4, 0.5) is 0 Å². The van der Waals surface area contributed by atoms with Gasteiger partial charge in [0.15, 0.2) is 0 Å². The lowest BCUT2D eigenvalue weighted by Gasteiger charge is -2.23. The van der Waals surface area contributed by atoms with Gasteiger partial charge in [-0.05, 0) is 23.6 Å². The molecular weight excluding hydrogens is 286 g/mol. The van der Waals surface area contributed by atoms with E-state index in [1.807, 2.05) is 6.07 Å². The minimum absolute atomic E-state index is 0.132. The molecule has 1 aromatic heterocycles. The molecule has 6 nitrogen and oxygen atoms in total. The average Bonchev–Trinajstić information content (AvgIpc) is 2.57. The molecule has 0 radical (unpaired) electrons. The summed E-state index contributed by atoms with van der Waals surface area (Å²) in [7, 11) is 1.32. The van der Waals surface area contributed by atoms with Crippen LogP contribution in [0, 0.1) is 0 Å². The number of aromatic nitrogens is 1. The molecule has 116 valence electrons. The van der Waals surface area contributed by atoms with E-state index in [-0.39, 0.29) is 11.7 Å². The van der Waals surface area contributed by atoms with Gasteiger partial charge in [0.2, 0.25) is 0 Å². The molecular formula is C16H17NO5. The van der Waals surface area contributed by atoms with E-state index < -0.39 is 5.97 Å². The lowest BCUT2D eigenvalue weighted by Crippen LogP contribution is -2.35. The predicted molar refractivity (Wildman–Crippen MR) is 80.1 cm³/mol. The summed E-state index contributed by atoms with van der Waals surface area (Å²) in [5.41, 5.74) is 0.208. The molecule has 1 saturated heterocycles. The molecule has 1 aliphatic heterocycles. The van der Waals surface area contributed by atoms with Gasteiger partial charge in [-0.3, -0.25) is 4.79 Å². The summed E-state index contributed by atoms with van der Waals surface area (Å²) in [6.07, 6.45) is 1.60. The largest absolute Gasteiger partial charge is 0.465 e. The number of hydrogen-bond donors (Lipinski definition) is 0. The number of esters is 1. The summed E-state index contributed by atoms with van der Waals surface area (Å²) < 4.78 is 17.2. The molecule has 1 aliphatic rings. The zero-order valence-electron chi connectivity index (χ0n) is 12.3. The molecule has 1 fully saturated rings. The third kappa shape index (κ3) is 2.88. The first-order valence-electron chi connectivity index (χ1n) is 7.10. The highest BCUT2D eigenvalue weighted by atomic mass is 16.6. The van der Waals surface area contributed by atoms with Crippen LogP contribution in [0.3, 0.4) is 0 Å². The molecule has 0 aliphatic carbocycles. The molecule has 2 heterocycles. The van der Waals surface area contributed by atoms with Crippen molar-refractivity contribution in [1.82, 2.24) is 4.57 Å². The van der Waals surface area contributed by atoms with E-state index in [4.69, 9.17) is 14.2 Å². The first kappa shape index (κ1) is 14.7. The van der Waals surface area contributed by atoms with Crippen molar-refractivity contribution < 1.29 is 19.0 Å². The van der Waals surface area contributed by atoms with Crippen LogP contribution in [-0.2, 0) is 20.8 Å². The van der Waals surface area contributed by atoms with Gasteiger partial charge in [-0.2, -0.15) is 0 Å². The maximum Gasteiger partial charge on any atom is 0.337 e. The molecule has 0 bridgehead atoms. The summed E-state index contributed by atoms with van der Waals surface area (Å²) in [5.74, 6) is -0.458. The Bertz CT molecular complexity index is 746.